The van der Waals surface area contributed by atoms with Gasteiger partial charge in [-0.1, -0.05) is 197 Å². The van der Waals surface area contributed by atoms with Crippen LogP contribution in [0.3, 0.4) is 0 Å². The lowest BCUT2D eigenvalue weighted by atomic mass is 9.87. The van der Waals surface area contributed by atoms with E-state index in [1.165, 1.54) is 0 Å². The molecule has 0 heterocycles. The maximum Gasteiger partial charge on any atom is 0.288 e. The fourth-order valence-corrected chi connectivity index (χ4v) is 26.7. The zero-order chi connectivity index (χ0) is 54.8. The van der Waals surface area contributed by atoms with Crippen molar-refractivity contribution in [1.29, 1.82) is 0 Å². The summed E-state index contributed by atoms with van der Waals surface area (Å²) in [5.74, 6) is -0.975. The zero-order valence-corrected chi connectivity index (χ0v) is 50.2. The van der Waals surface area contributed by atoms with Gasteiger partial charge < -0.3 is 0 Å². The zero-order valence-electron chi connectivity index (χ0n) is 46.9. The lowest BCUT2D eigenvalue weighted by Crippen LogP contribution is -2.49. The summed E-state index contributed by atoms with van der Waals surface area (Å²) in [6.07, 6.45) is -0.693. The Morgan fingerprint density at radius 2 is 0.438 bits per heavy atom. The summed E-state index contributed by atoms with van der Waals surface area (Å²) < 4.78 is 83.7. The fourth-order valence-electron chi connectivity index (χ4n) is 10.0. The van der Waals surface area contributed by atoms with E-state index in [1.54, 1.807) is 0 Å². The van der Waals surface area contributed by atoms with Crippen molar-refractivity contribution in [3.63, 3.8) is 0 Å². The van der Waals surface area contributed by atoms with Gasteiger partial charge in [-0.25, -0.2) is 0 Å². The number of benzene rings is 6. The molecule has 0 aliphatic rings. The second-order valence-electron chi connectivity index (χ2n) is 26.1. The van der Waals surface area contributed by atoms with Gasteiger partial charge in [0.2, 0.25) is 0 Å². The van der Waals surface area contributed by atoms with E-state index < -0.39 is 55.9 Å². The predicted molar refractivity (Wildman–Crippen MR) is 311 cm³/mol. The highest BCUT2D eigenvalue weighted by Gasteiger charge is 2.69. The Labute approximate surface area is 444 Å². The summed E-state index contributed by atoms with van der Waals surface area (Å²) in [6, 6.07) is 48.7. The van der Waals surface area contributed by atoms with Gasteiger partial charge in [-0.3, -0.25) is 9.11 Å². The molecule has 0 aliphatic carbocycles. The third-order valence-corrected chi connectivity index (χ3v) is 28.6. The molecule has 0 spiro atoms. The average molecular weight is 1070 g/mol. The van der Waals surface area contributed by atoms with Crippen LogP contribution in [-0.4, -0.2) is 35.1 Å². The minimum absolute atomic E-state index is 0.294. The summed E-state index contributed by atoms with van der Waals surface area (Å²) in [5.41, 5.74) is 4.31. The molecule has 0 saturated carbocycles. The quantitative estimate of drug-likeness (QED) is 0.118. The first kappa shape index (κ1) is 58.1. The van der Waals surface area contributed by atoms with E-state index in [1.807, 2.05) is 146 Å². The van der Waals surface area contributed by atoms with E-state index in [0.717, 1.165) is 33.4 Å². The molecule has 2 N–H and O–H groups in total. The van der Waals surface area contributed by atoms with Crippen LogP contribution in [0.15, 0.2) is 175 Å². The van der Waals surface area contributed by atoms with Gasteiger partial charge in [-0.2, -0.15) is 16.8 Å². The standard InChI is InChI=1S/C63H84O6S4/c1-57(2,3)45-19-31-51(32-20-45)71(52-33-21-46(22-34-52)58(4,5)6,53-35-23-47(24-36-53)59(7,8)9)63(73(67,68)69,43-44-70(64,65)66)72(54-37-25-48(26-38-54)60(10,11)12,55-39-27-49(28-40-55)61(13,14)15)56-41-29-50(30-42-56)62(16,17)18/h19-42H,43-44H2,1-18H3,(H,64,65,66)(H,67,68,69). The van der Waals surface area contributed by atoms with Crippen molar-refractivity contribution < 1.29 is 25.9 Å². The van der Waals surface area contributed by atoms with Crippen molar-refractivity contribution >= 4 is 40.3 Å². The normalized spacial score (nSPS) is 14.5. The number of rotatable bonds is 12. The Hall–Kier alpha value is -4.16. The van der Waals surface area contributed by atoms with Crippen LogP contribution in [0.25, 0.3) is 0 Å². The summed E-state index contributed by atoms with van der Waals surface area (Å²) >= 11 is 0. The molecule has 0 bridgehead atoms. The molecule has 0 radical (unpaired) electrons. The van der Waals surface area contributed by atoms with Gasteiger partial charge in [0.15, 0.2) is 3.41 Å². The lowest BCUT2D eigenvalue weighted by molar-refractivity contribution is 0.468. The Kier molecular flexibility index (Phi) is 15.7. The molecule has 6 nitrogen and oxygen atoms in total. The Bertz CT molecular complexity index is 2640. The van der Waals surface area contributed by atoms with Gasteiger partial charge in [-0.05, 0) is 139 Å². The second-order valence-corrected chi connectivity index (χ2v) is 36.7. The molecule has 6 rings (SSSR count). The molecule has 0 amide bonds. The van der Waals surface area contributed by atoms with E-state index >= 15 is 8.42 Å². The highest BCUT2D eigenvalue weighted by Crippen LogP contribution is 2.93. The van der Waals surface area contributed by atoms with Crippen molar-refractivity contribution in [2.45, 2.75) is 196 Å². The second kappa shape index (κ2) is 19.8. The molecule has 10 heteroatoms. The first-order valence-corrected chi connectivity index (χ1v) is 31.8. The molecular weight excluding hydrogens is 981 g/mol. The van der Waals surface area contributed by atoms with E-state index in [-0.39, 0.29) is 32.5 Å². The Balaban J connectivity index is 2.12. The molecule has 73 heavy (non-hydrogen) atoms. The molecule has 396 valence electrons. The van der Waals surface area contributed by atoms with E-state index in [4.69, 9.17) is 0 Å². The Morgan fingerprint density at radius 3 is 0.548 bits per heavy atom. The minimum Gasteiger partial charge on any atom is -0.286 e. The summed E-state index contributed by atoms with van der Waals surface area (Å²) in [7, 11) is -17.7. The van der Waals surface area contributed by atoms with Crippen molar-refractivity contribution in [2.24, 2.45) is 0 Å². The lowest BCUT2D eigenvalue weighted by Gasteiger charge is -2.64. The molecular formula is C63H84O6S4. The van der Waals surface area contributed by atoms with Gasteiger partial charge in [0.05, 0.1) is 5.75 Å². The number of hydrogen-bond donors (Lipinski definition) is 2. The molecule has 6 aromatic rings. The minimum atomic E-state index is -5.59. The van der Waals surface area contributed by atoms with E-state index in [0.29, 0.717) is 29.4 Å². The highest BCUT2D eigenvalue weighted by molar-refractivity contribution is 8.57. The monoisotopic (exact) mass is 1060 g/mol. The molecule has 0 saturated heterocycles. The third kappa shape index (κ3) is 11.2. The van der Waals surface area contributed by atoms with Crippen LogP contribution in [0, 0.1) is 0 Å². The molecule has 0 atom stereocenters. The van der Waals surface area contributed by atoms with Gasteiger partial charge in [0.25, 0.3) is 20.2 Å². The Morgan fingerprint density at radius 1 is 0.288 bits per heavy atom. The van der Waals surface area contributed by atoms with Crippen LogP contribution in [-0.2, 0) is 52.7 Å². The van der Waals surface area contributed by atoms with Crippen LogP contribution < -0.4 is 0 Å². The maximum atomic E-state index is 16.8. The van der Waals surface area contributed by atoms with Gasteiger partial charge >= 0.3 is 0 Å². The van der Waals surface area contributed by atoms with Crippen molar-refractivity contribution in [1.82, 2.24) is 0 Å². The summed E-state index contributed by atoms with van der Waals surface area (Å²) in [5, 5.41) is 0. The van der Waals surface area contributed by atoms with Crippen LogP contribution in [0.1, 0.15) is 164 Å². The molecule has 0 unspecified atom stereocenters. The number of hydrogen-bond acceptors (Lipinski definition) is 4. The van der Waals surface area contributed by atoms with E-state index in [9.17, 15) is 17.5 Å². The van der Waals surface area contributed by atoms with Crippen LogP contribution in [0.4, 0.5) is 0 Å². The largest absolute Gasteiger partial charge is 0.288 e. The predicted octanol–water partition coefficient (Wildman–Crippen LogP) is 17.6. The first-order valence-electron chi connectivity index (χ1n) is 25.4. The fraction of sp³-hybridized carbons (Fsp3) is 0.429. The van der Waals surface area contributed by atoms with Gasteiger partial charge in [0, 0.05) is 35.8 Å². The summed E-state index contributed by atoms with van der Waals surface area (Å²) in [6.45, 7) is 38.4. The van der Waals surface area contributed by atoms with Gasteiger partial charge in [-0.15, -0.1) is 20.1 Å². The molecule has 6 aromatic carbocycles. The van der Waals surface area contributed by atoms with E-state index in [2.05, 4.69) is 125 Å². The van der Waals surface area contributed by atoms with Crippen LogP contribution in [0.5, 0.6) is 0 Å². The third-order valence-electron chi connectivity index (χ3n) is 14.4. The molecule has 0 aromatic heterocycles. The van der Waals surface area contributed by atoms with Crippen LogP contribution in [0.2, 0.25) is 0 Å². The smallest absolute Gasteiger partial charge is 0.286 e. The molecule has 0 aliphatic heterocycles. The van der Waals surface area contributed by atoms with Crippen molar-refractivity contribution in [3.8, 4) is 0 Å². The maximum absolute atomic E-state index is 16.8. The highest BCUT2D eigenvalue weighted by atomic mass is 32.4. The average Bonchev–Trinajstić information content (AvgIpc) is 3.27. The first-order chi connectivity index (χ1) is 33.2. The summed E-state index contributed by atoms with van der Waals surface area (Å²) in [4.78, 5) is 3.67. The SMILES string of the molecule is CC(C)(C)c1ccc(S(c2ccc(C(C)(C)C)cc2)(c2ccc(C(C)(C)C)cc2)C(CCS(=O)(=O)O)(S(c2ccc(C(C)(C)C)cc2)(c2ccc(C(C)(C)C)cc2)c2ccc(C(C)(C)C)cc2)S(=O)(=O)O)cc1. The molecule has 0 fully saturated rings. The van der Waals surface area contributed by atoms with Crippen LogP contribution >= 0.6 is 20.1 Å². The van der Waals surface area contributed by atoms with Gasteiger partial charge in [0.1, 0.15) is 0 Å². The van der Waals surface area contributed by atoms with Crippen molar-refractivity contribution in [2.75, 3.05) is 5.75 Å². The topological polar surface area (TPSA) is 109 Å². The van der Waals surface area contributed by atoms with Crippen molar-refractivity contribution in [3.05, 3.63) is 179 Å².